The van der Waals surface area contributed by atoms with Crippen LogP contribution in [0.4, 0.5) is 0 Å². The molecule has 0 bridgehead atoms. The van der Waals surface area contributed by atoms with Gasteiger partial charge in [0, 0.05) is 11.1 Å². The number of benzene rings is 1. The third-order valence-corrected chi connectivity index (χ3v) is 6.19. The van der Waals surface area contributed by atoms with E-state index in [1.54, 1.807) is 17.2 Å². The molecule has 1 fully saturated rings. The number of carbonyl (C=O) groups excluding carboxylic acids is 1. The van der Waals surface area contributed by atoms with E-state index >= 15 is 0 Å². The molecule has 0 atom stereocenters. The number of hydrogen-bond acceptors (Lipinski definition) is 5. The number of hydrogen-bond donors (Lipinski definition) is 1. The minimum Gasteiger partial charge on any atom is -0.507 e. The molecule has 154 valence electrons. The van der Waals surface area contributed by atoms with E-state index in [0.717, 1.165) is 16.7 Å². The number of nitrogens with zero attached hydrogens (tertiary/aromatic N) is 1. The quantitative estimate of drug-likeness (QED) is 0.480. The molecular formula is C23H27NO3S2. The van der Waals surface area contributed by atoms with E-state index < -0.39 is 0 Å². The number of phenols is 1. The van der Waals surface area contributed by atoms with Gasteiger partial charge in [-0.2, -0.15) is 0 Å². The zero-order chi connectivity index (χ0) is 21.6. The zero-order valence-electron chi connectivity index (χ0n) is 17.7. The summed E-state index contributed by atoms with van der Waals surface area (Å²) in [5.74, 6) is 0.892. The normalized spacial score (nSPS) is 16.9. The van der Waals surface area contributed by atoms with Crippen LogP contribution in [0.3, 0.4) is 0 Å². The Hall–Kier alpha value is -2.05. The van der Waals surface area contributed by atoms with Gasteiger partial charge >= 0.3 is 0 Å². The first-order chi connectivity index (χ1) is 13.4. The molecular weight excluding hydrogens is 402 g/mol. The maximum absolute atomic E-state index is 12.9. The molecule has 2 heterocycles. The Balaban J connectivity index is 2.01. The molecule has 1 aromatic heterocycles. The van der Waals surface area contributed by atoms with Crippen molar-refractivity contribution >= 4 is 40.3 Å². The highest BCUT2D eigenvalue weighted by Crippen LogP contribution is 2.41. The van der Waals surface area contributed by atoms with Gasteiger partial charge in [0.05, 0.1) is 17.7 Å². The zero-order valence-corrected chi connectivity index (χ0v) is 19.3. The lowest BCUT2D eigenvalue weighted by molar-refractivity contribution is -0.122. The van der Waals surface area contributed by atoms with Crippen LogP contribution in [0.5, 0.6) is 5.75 Å². The Morgan fingerprint density at radius 1 is 1.14 bits per heavy atom. The van der Waals surface area contributed by atoms with Gasteiger partial charge in [-0.05, 0) is 46.7 Å². The van der Waals surface area contributed by atoms with Gasteiger partial charge in [0.1, 0.15) is 15.8 Å². The van der Waals surface area contributed by atoms with Gasteiger partial charge in [-0.3, -0.25) is 9.69 Å². The first-order valence-corrected chi connectivity index (χ1v) is 10.8. The number of thiocarbonyl (C=S) groups is 1. The summed E-state index contributed by atoms with van der Waals surface area (Å²) in [5.41, 5.74) is 2.15. The second kappa shape index (κ2) is 7.65. The Bertz CT molecular complexity index is 942. The molecule has 0 aliphatic carbocycles. The van der Waals surface area contributed by atoms with E-state index in [9.17, 15) is 9.90 Å². The van der Waals surface area contributed by atoms with Gasteiger partial charge in [-0.25, -0.2) is 0 Å². The second-order valence-corrected chi connectivity index (χ2v) is 11.0. The van der Waals surface area contributed by atoms with Crippen LogP contribution in [-0.4, -0.2) is 20.2 Å². The SMILES string of the molecule is CC(C)(C)c1cc(/C=C2\SC(=S)N(Cc3ccco3)C2=O)cc(C(C)(C)C)c1O. The highest BCUT2D eigenvalue weighted by Gasteiger charge is 2.33. The van der Waals surface area contributed by atoms with E-state index in [4.69, 9.17) is 16.6 Å². The number of rotatable bonds is 3. The van der Waals surface area contributed by atoms with Gasteiger partial charge in [0.15, 0.2) is 0 Å². The molecule has 6 heteroatoms. The fraction of sp³-hybridized carbons (Fsp3) is 0.391. The first kappa shape index (κ1) is 21.7. The highest BCUT2D eigenvalue weighted by molar-refractivity contribution is 8.26. The van der Waals surface area contributed by atoms with Crippen LogP contribution in [0.25, 0.3) is 6.08 Å². The van der Waals surface area contributed by atoms with Gasteiger partial charge in [-0.1, -0.05) is 65.5 Å². The summed E-state index contributed by atoms with van der Waals surface area (Å²) < 4.78 is 5.87. The molecule has 0 saturated carbocycles. The summed E-state index contributed by atoms with van der Waals surface area (Å²) in [7, 11) is 0. The summed E-state index contributed by atoms with van der Waals surface area (Å²) >= 11 is 6.71. The van der Waals surface area contributed by atoms with Crippen molar-refractivity contribution in [3.05, 3.63) is 57.9 Å². The molecule has 0 spiro atoms. The van der Waals surface area contributed by atoms with Crippen molar-refractivity contribution in [1.82, 2.24) is 4.90 Å². The van der Waals surface area contributed by atoms with Crippen LogP contribution in [0.15, 0.2) is 39.9 Å². The number of amides is 1. The number of thioether (sulfide) groups is 1. The number of furan rings is 1. The van der Waals surface area contributed by atoms with Crippen molar-refractivity contribution in [2.45, 2.75) is 58.9 Å². The van der Waals surface area contributed by atoms with Gasteiger partial charge in [-0.15, -0.1) is 0 Å². The molecule has 1 amide bonds. The van der Waals surface area contributed by atoms with E-state index in [2.05, 4.69) is 41.5 Å². The standard InChI is InChI=1S/C23H27NO3S2/c1-22(2,3)16-10-14(11-17(19(16)25)23(4,5)6)12-18-20(26)24(21(28)29-18)13-15-8-7-9-27-15/h7-12,25H,13H2,1-6H3/b18-12-. The van der Waals surface area contributed by atoms with E-state index in [1.165, 1.54) is 11.8 Å². The number of carbonyl (C=O) groups is 1. The van der Waals surface area contributed by atoms with Crippen molar-refractivity contribution in [3.8, 4) is 5.75 Å². The maximum Gasteiger partial charge on any atom is 0.266 e. The topological polar surface area (TPSA) is 53.7 Å². The average Bonchev–Trinajstić information content (AvgIpc) is 3.18. The van der Waals surface area contributed by atoms with Crippen molar-refractivity contribution in [2.24, 2.45) is 0 Å². The smallest absolute Gasteiger partial charge is 0.266 e. The largest absolute Gasteiger partial charge is 0.507 e. The lowest BCUT2D eigenvalue weighted by atomic mass is 9.78. The summed E-state index contributed by atoms with van der Waals surface area (Å²) in [5, 5.41) is 10.9. The van der Waals surface area contributed by atoms with Gasteiger partial charge < -0.3 is 9.52 Å². The molecule has 1 N–H and O–H groups in total. The number of phenolic OH excluding ortho intramolecular Hbond substituents is 1. The van der Waals surface area contributed by atoms with Crippen molar-refractivity contribution in [1.29, 1.82) is 0 Å². The fourth-order valence-electron chi connectivity index (χ4n) is 3.23. The lowest BCUT2D eigenvalue weighted by Gasteiger charge is -2.28. The molecule has 4 nitrogen and oxygen atoms in total. The predicted molar refractivity (Wildman–Crippen MR) is 123 cm³/mol. The van der Waals surface area contributed by atoms with Crippen LogP contribution in [0.1, 0.15) is 64.0 Å². The Kier molecular flexibility index (Phi) is 5.71. The van der Waals surface area contributed by atoms with Gasteiger partial charge in [0.25, 0.3) is 5.91 Å². The van der Waals surface area contributed by atoms with E-state index in [0.29, 0.717) is 27.3 Å². The van der Waals surface area contributed by atoms with Crippen LogP contribution >= 0.6 is 24.0 Å². The molecule has 3 rings (SSSR count). The monoisotopic (exact) mass is 429 g/mol. The second-order valence-electron chi connectivity index (χ2n) is 9.31. The summed E-state index contributed by atoms with van der Waals surface area (Å²) in [4.78, 5) is 15.1. The summed E-state index contributed by atoms with van der Waals surface area (Å²) in [6.45, 7) is 12.7. The van der Waals surface area contributed by atoms with E-state index in [1.807, 2.05) is 24.3 Å². The molecule has 1 aliphatic rings. The lowest BCUT2D eigenvalue weighted by Crippen LogP contribution is -2.27. The van der Waals surface area contributed by atoms with Crippen molar-refractivity contribution in [3.63, 3.8) is 0 Å². The van der Waals surface area contributed by atoms with Crippen molar-refractivity contribution < 1.29 is 14.3 Å². The van der Waals surface area contributed by atoms with Crippen LogP contribution < -0.4 is 0 Å². The fourth-order valence-corrected chi connectivity index (χ4v) is 4.48. The maximum atomic E-state index is 12.9. The van der Waals surface area contributed by atoms with Crippen molar-refractivity contribution in [2.75, 3.05) is 0 Å². The molecule has 1 aliphatic heterocycles. The number of aromatic hydroxyl groups is 1. The first-order valence-electron chi connectivity index (χ1n) is 9.53. The molecule has 1 saturated heterocycles. The minimum absolute atomic E-state index is 0.126. The predicted octanol–water partition coefficient (Wildman–Crippen LogP) is 5.98. The third-order valence-electron chi connectivity index (χ3n) is 4.81. The Morgan fingerprint density at radius 3 is 2.21 bits per heavy atom. The molecule has 2 aromatic rings. The van der Waals surface area contributed by atoms with Crippen LogP contribution in [-0.2, 0) is 22.2 Å². The van der Waals surface area contributed by atoms with Crippen LogP contribution in [0, 0.1) is 0 Å². The minimum atomic E-state index is -0.230. The molecule has 0 unspecified atom stereocenters. The van der Waals surface area contributed by atoms with Gasteiger partial charge in [0.2, 0.25) is 0 Å². The van der Waals surface area contributed by atoms with Crippen LogP contribution in [0.2, 0.25) is 0 Å². The van der Waals surface area contributed by atoms with E-state index in [-0.39, 0.29) is 16.7 Å². The molecule has 1 aromatic carbocycles. The Labute approximate surface area is 182 Å². The Morgan fingerprint density at radius 2 is 1.72 bits per heavy atom. The summed E-state index contributed by atoms with van der Waals surface area (Å²) in [6.07, 6.45) is 3.45. The highest BCUT2D eigenvalue weighted by atomic mass is 32.2. The molecule has 0 radical (unpaired) electrons. The average molecular weight is 430 g/mol. The third kappa shape index (κ3) is 4.59. The molecule has 29 heavy (non-hydrogen) atoms. The summed E-state index contributed by atoms with van der Waals surface area (Å²) in [6, 6.07) is 7.54.